The molecule has 16 heavy (non-hydrogen) atoms. The molecule has 0 radical (unpaired) electrons. The molecule has 0 amide bonds. The van der Waals surface area contributed by atoms with Crippen LogP contribution in [0.4, 0.5) is 0 Å². The lowest BCUT2D eigenvalue weighted by atomic mass is 9.97. The van der Waals surface area contributed by atoms with Gasteiger partial charge in [0.1, 0.15) is 0 Å². The molecule has 0 saturated carbocycles. The molecule has 0 bridgehead atoms. The molecule has 0 aliphatic carbocycles. The van der Waals surface area contributed by atoms with Crippen LogP contribution in [0.3, 0.4) is 0 Å². The highest BCUT2D eigenvalue weighted by molar-refractivity contribution is 6.09. The SMILES string of the molecule is Cc1ccc2c(ccc3cccc(C)c32)c1. The third kappa shape index (κ3) is 1.30. The van der Waals surface area contributed by atoms with Crippen molar-refractivity contribution in [2.24, 2.45) is 0 Å². The van der Waals surface area contributed by atoms with Crippen LogP contribution in [0.1, 0.15) is 11.1 Å². The summed E-state index contributed by atoms with van der Waals surface area (Å²) in [7, 11) is 0. The number of rotatable bonds is 0. The minimum Gasteiger partial charge on any atom is -0.0614 e. The Hall–Kier alpha value is -1.82. The van der Waals surface area contributed by atoms with Gasteiger partial charge < -0.3 is 0 Å². The van der Waals surface area contributed by atoms with E-state index in [0.717, 1.165) is 0 Å². The van der Waals surface area contributed by atoms with Gasteiger partial charge in [-0.1, -0.05) is 54.1 Å². The minimum atomic E-state index is 1.32. The van der Waals surface area contributed by atoms with Crippen LogP contribution in [0.15, 0.2) is 48.5 Å². The van der Waals surface area contributed by atoms with Crippen LogP contribution in [0.2, 0.25) is 0 Å². The van der Waals surface area contributed by atoms with E-state index in [4.69, 9.17) is 0 Å². The molecule has 0 aliphatic heterocycles. The van der Waals surface area contributed by atoms with Gasteiger partial charge in [0.2, 0.25) is 0 Å². The zero-order valence-corrected chi connectivity index (χ0v) is 9.62. The average molecular weight is 206 g/mol. The van der Waals surface area contributed by atoms with Crippen LogP contribution in [0, 0.1) is 13.8 Å². The van der Waals surface area contributed by atoms with Crippen LogP contribution in [0.5, 0.6) is 0 Å². The maximum atomic E-state index is 2.25. The van der Waals surface area contributed by atoms with Gasteiger partial charge in [-0.05, 0) is 41.0 Å². The van der Waals surface area contributed by atoms with E-state index in [0.29, 0.717) is 0 Å². The highest BCUT2D eigenvalue weighted by Crippen LogP contribution is 2.28. The Bertz CT molecular complexity index is 678. The Morgan fingerprint density at radius 1 is 0.750 bits per heavy atom. The molecular weight excluding hydrogens is 192 g/mol. The summed E-state index contributed by atoms with van der Waals surface area (Å²) in [6.07, 6.45) is 0. The molecule has 0 aliphatic rings. The van der Waals surface area contributed by atoms with Gasteiger partial charge in [-0.15, -0.1) is 0 Å². The topological polar surface area (TPSA) is 0 Å². The number of benzene rings is 3. The number of hydrogen-bond acceptors (Lipinski definition) is 0. The molecule has 0 atom stereocenters. The Morgan fingerprint density at radius 2 is 1.56 bits per heavy atom. The molecule has 78 valence electrons. The molecular formula is C16H14. The molecule has 0 N–H and O–H groups in total. The maximum absolute atomic E-state index is 2.25. The van der Waals surface area contributed by atoms with Crippen LogP contribution in [0.25, 0.3) is 21.5 Å². The van der Waals surface area contributed by atoms with E-state index in [1.165, 1.54) is 32.7 Å². The number of aryl methyl sites for hydroxylation is 2. The fraction of sp³-hybridized carbons (Fsp3) is 0.125. The summed E-state index contributed by atoms with van der Waals surface area (Å²) in [5, 5.41) is 5.42. The zero-order valence-electron chi connectivity index (χ0n) is 9.62. The van der Waals surface area contributed by atoms with Crippen molar-refractivity contribution in [3.05, 3.63) is 59.7 Å². The highest BCUT2D eigenvalue weighted by atomic mass is 14.1. The zero-order chi connectivity index (χ0) is 11.1. The van der Waals surface area contributed by atoms with Gasteiger partial charge in [0.25, 0.3) is 0 Å². The molecule has 3 rings (SSSR count). The van der Waals surface area contributed by atoms with Crippen LogP contribution < -0.4 is 0 Å². The molecule has 3 aromatic rings. The Labute approximate surface area is 95.5 Å². The smallest absolute Gasteiger partial charge is 0.00761 e. The van der Waals surface area contributed by atoms with Crippen molar-refractivity contribution in [3.8, 4) is 0 Å². The van der Waals surface area contributed by atoms with Crippen LogP contribution in [-0.2, 0) is 0 Å². The normalized spacial score (nSPS) is 11.1. The summed E-state index contributed by atoms with van der Waals surface area (Å²) in [4.78, 5) is 0. The molecule has 0 fully saturated rings. The van der Waals surface area contributed by atoms with Crippen LogP contribution in [-0.4, -0.2) is 0 Å². The van der Waals surface area contributed by atoms with Crippen molar-refractivity contribution in [1.82, 2.24) is 0 Å². The van der Waals surface area contributed by atoms with Crippen molar-refractivity contribution in [2.75, 3.05) is 0 Å². The largest absolute Gasteiger partial charge is 0.0614 e. The lowest BCUT2D eigenvalue weighted by Crippen LogP contribution is -1.82. The van der Waals surface area contributed by atoms with Crippen molar-refractivity contribution in [1.29, 1.82) is 0 Å². The van der Waals surface area contributed by atoms with Gasteiger partial charge in [0, 0.05) is 0 Å². The van der Waals surface area contributed by atoms with Gasteiger partial charge in [0.05, 0.1) is 0 Å². The second-order valence-electron chi connectivity index (χ2n) is 4.46. The standard InChI is InChI=1S/C16H14/c1-11-6-9-15-14(10-11)8-7-13-5-3-4-12(2)16(13)15/h3-10H,1-2H3. The minimum absolute atomic E-state index is 1.32. The highest BCUT2D eigenvalue weighted by Gasteiger charge is 2.02. The summed E-state index contributed by atoms with van der Waals surface area (Å²) >= 11 is 0. The van der Waals surface area contributed by atoms with Crippen molar-refractivity contribution in [2.45, 2.75) is 13.8 Å². The fourth-order valence-electron chi connectivity index (χ4n) is 2.42. The molecule has 0 spiro atoms. The summed E-state index contributed by atoms with van der Waals surface area (Å²) < 4.78 is 0. The van der Waals surface area contributed by atoms with Crippen molar-refractivity contribution >= 4 is 21.5 Å². The summed E-state index contributed by atoms with van der Waals surface area (Å²) in [5.41, 5.74) is 2.67. The summed E-state index contributed by atoms with van der Waals surface area (Å²) in [6, 6.07) is 17.6. The van der Waals surface area contributed by atoms with E-state index in [-0.39, 0.29) is 0 Å². The van der Waals surface area contributed by atoms with Crippen molar-refractivity contribution < 1.29 is 0 Å². The summed E-state index contributed by atoms with van der Waals surface area (Å²) in [6.45, 7) is 4.32. The van der Waals surface area contributed by atoms with E-state index in [2.05, 4.69) is 62.4 Å². The predicted octanol–water partition coefficient (Wildman–Crippen LogP) is 4.61. The molecule has 0 aromatic heterocycles. The second-order valence-corrected chi connectivity index (χ2v) is 4.46. The van der Waals surface area contributed by atoms with Crippen LogP contribution >= 0.6 is 0 Å². The van der Waals surface area contributed by atoms with E-state index in [9.17, 15) is 0 Å². The van der Waals surface area contributed by atoms with Gasteiger partial charge in [-0.3, -0.25) is 0 Å². The lowest BCUT2D eigenvalue weighted by Gasteiger charge is -2.07. The molecule has 0 nitrogen and oxygen atoms in total. The first-order chi connectivity index (χ1) is 7.75. The Morgan fingerprint density at radius 3 is 2.44 bits per heavy atom. The first-order valence-corrected chi connectivity index (χ1v) is 5.64. The first kappa shape index (κ1) is 9.41. The Kier molecular flexibility index (Phi) is 1.97. The van der Waals surface area contributed by atoms with Gasteiger partial charge in [-0.2, -0.15) is 0 Å². The van der Waals surface area contributed by atoms with E-state index < -0.39 is 0 Å². The van der Waals surface area contributed by atoms with E-state index in [1.807, 2.05) is 0 Å². The van der Waals surface area contributed by atoms with Gasteiger partial charge in [0.15, 0.2) is 0 Å². The van der Waals surface area contributed by atoms with Crippen molar-refractivity contribution in [3.63, 3.8) is 0 Å². The third-order valence-corrected chi connectivity index (χ3v) is 3.22. The number of fused-ring (bicyclic) bond motifs is 3. The molecule has 0 heterocycles. The third-order valence-electron chi connectivity index (χ3n) is 3.22. The van der Waals surface area contributed by atoms with E-state index in [1.54, 1.807) is 0 Å². The van der Waals surface area contributed by atoms with E-state index >= 15 is 0 Å². The predicted molar refractivity (Wildman–Crippen MR) is 70.9 cm³/mol. The number of hydrogen-bond donors (Lipinski definition) is 0. The maximum Gasteiger partial charge on any atom is -0.00761 e. The molecule has 0 unspecified atom stereocenters. The first-order valence-electron chi connectivity index (χ1n) is 5.64. The quantitative estimate of drug-likeness (QED) is 0.471. The lowest BCUT2D eigenvalue weighted by molar-refractivity contribution is 1.50. The molecule has 0 heteroatoms. The molecule has 0 saturated heterocycles. The molecule has 3 aromatic carbocycles. The Balaban J connectivity index is 2.58. The van der Waals surface area contributed by atoms with Gasteiger partial charge >= 0.3 is 0 Å². The monoisotopic (exact) mass is 206 g/mol. The average Bonchev–Trinajstić information content (AvgIpc) is 2.29. The second kappa shape index (κ2) is 3.34. The summed E-state index contributed by atoms with van der Waals surface area (Å²) in [5.74, 6) is 0. The fourth-order valence-corrected chi connectivity index (χ4v) is 2.42. The van der Waals surface area contributed by atoms with Gasteiger partial charge in [-0.25, -0.2) is 0 Å².